The quantitative estimate of drug-likeness (QED) is 0.579. The number of nitrogens with zero attached hydrogens (tertiary/aromatic N) is 3. The SMILES string of the molecule is COc1ccc(OC)c(S(=O)(=O)N2CCC[C@H](C(=O)N3CCN(c4cc(Cl)ccc4C)CC3)C2)c1. The largest absolute Gasteiger partial charge is 0.497 e. The monoisotopic (exact) mass is 521 g/mol. The van der Waals surface area contributed by atoms with Crippen LogP contribution in [0.25, 0.3) is 0 Å². The number of halogens is 1. The number of ether oxygens (including phenoxy) is 2. The van der Waals surface area contributed by atoms with Gasteiger partial charge in [0.15, 0.2) is 0 Å². The Bertz CT molecular complexity index is 1180. The smallest absolute Gasteiger partial charge is 0.246 e. The zero-order valence-corrected chi connectivity index (χ0v) is 21.9. The van der Waals surface area contributed by atoms with Crippen LogP contribution < -0.4 is 14.4 Å². The van der Waals surface area contributed by atoms with E-state index in [4.69, 9.17) is 21.1 Å². The Morgan fingerprint density at radius 1 is 1.00 bits per heavy atom. The summed E-state index contributed by atoms with van der Waals surface area (Å²) in [4.78, 5) is 17.5. The van der Waals surface area contributed by atoms with Crippen molar-refractivity contribution in [1.82, 2.24) is 9.21 Å². The number of anilines is 1. The number of amides is 1. The maximum Gasteiger partial charge on any atom is 0.246 e. The first-order chi connectivity index (χ1) is 16.7. The molecule has 2 aliphatic heterocycles. The lowest BCUT2D eigenvalue weighted by molar-refractivity contribution is -0.137. The second kappa shape index (κ2) is 10.6. The molecule has 190 valence electrons. The summed E-state index contributed by atoms with van der Waals surface area (Å²) >= 11 is 6.19. The van der Waals surface area contributed by atoms with E-state index in [0.29, 0.717) is 56.3 Å². The average Bonchev–Trinajstić information content (AvgIpc) is 2.89. The maximum absolute atomic E-state index is 13.5. The van der Waals surface area contributed by atoms with E-state index in [1.807, 2.05) is 23.1 Å². The van der Waals surface area contributed by atoms with E-state index in [1.165, 1.54) is 24.6 Å². The molecule has 2 saturated heterocycles. The topological polar surface area (TPSA) is 79.4 Å². The predicted molar refractivity (Wildman–Crippen MR) is 136 cm³/mol. The minimum atomic E-state index is -3.85. The maximum atomic E-state index is 13.5. The first kappa shape index (κ1) is 25.6. The van der Waals surface area contributed by atoms with Crippen molar-refractivity contribution in [3.05, 3.63) is 47.0 Å². The number of piperazine rings is 1. The van der Waals surface area contributed by atoms with E-state index in [0.717, 1.165) is 11.3 Å². The van der Waals surface area contributed by atoms with Crippen molar-refractivity contribution in [2.24, 2.45) is 5.92 Å². The molecule has 2 aliphatic rings. The fourth-order valence-electron chi connectivity index (χ4n) is 4.84. The highest BCUT2D eigenvalue weighted by Gasteiger charge is 2.37. The van der Waals surface area contributed by atoms with Gasteiger partial charge in [0, 0.05) is 56.0 Å². The van der Waals surface area contributed by atoms with Crippen molar-refractivity contribution in [3.63, 3.8) is 0 Å². The van der Waals surface area contributed by atoms with Crippen molar-refractivity contribution in [2.75, 3.05) is 58.4 Å². The van der Waals surface area contributed by atoms with Gasteiger partial charge in [0.25, 0.3) is 0 Å². The van der Waals surface area contributed by atoms with Crippen LogP contribution >= 0.6 is 11.6 Å². The number of benzene rings is 2. The Hall–Kier alpha value is -2.49. The molecule has 1 amide bonds. The van der Waals surface area contributed by atoms with Gasteiger partial charge in [-0.15, -0.1) is 0 Å². The lowest BCUT2D eigenvalue weighted by atomic mass is 9.97. The molecule has 2 fully saturated rings. The van der Waals surface area contributed by atoms with Crippen LogP contribution in [0.1, 0.15) is 18.4 Å². The lowest BCUT2D eigenvalue weighted by Gasteiger charge is -2.40. The zero-order chi connectivity index (χ0) is 25.2. The second-order valence-electron chi connectivity index (χ2n) is 8.96. The summed E-state index contributed by atoms with van der Waals surface area (Å²) in [6, 6.07) is 10.6. The summed E-state index contributed by atoms with van der Waals surface area (Å²) < 4.78 is 38.9. The highest BCUT2D eigenvalue weighted by atomic mass is 35.5. The van der Waals surface area contributed by atoms with Gasteiger partial charge in [-0.2, -0.15) is 4.31 Å². The molecule has 35 heavy (non-hydrogen) atoms. The predicted octanol–water partition coefficient (Wildman–Crippen LogP) is 3.42. The number of piperidine rings is 1. The van der Waals surface area contributed by atoms with Gasteiger partial charge < -0.3 is 19.3 Å². The van der Waals surface area contributed by atoms with Crippen LogP contribution in [0, 0.1) is 12.8 Å². The molecule has 0 radical (unpaired) electrons. The molecular weight excluding hydrogens is 490 g/mol. The first-order valence-electron chi connectivity index (χ1n) is 11.8. The normalized spacial score (nSPS) is 19.5. The highest BCUT2D eigenvalue weighted by molar-refractivity contribution is 7.89. The lowest BCUT2D eigenvalue weighted by Crippen LogP contribution is -2.53. The third-order valence-corrected chi connectivity index (χ3v) is 8.95. The van der Waals surface area contributed by atoms with E-state index in [-0.39, 0.29) is 29.0 Å². The molecule has 0 bridgehead atoms. The van der Waals surface area contributed by atoms with Crippen LogP contribution in [-0.4, -0.2) is 77.0 Å². The third-order valence-electron chi connectivity index (χ3n) is 6.83. The van der Waals surface area contributed by atoms with E-state index in [1.54, 1.807) is 12.1 Å². The van der Waals surface area contributed by atoms with Crippen LogP contribution in [0.15, 0.2) is 41.3 Å². The molecule has 8 nitrogen and oxygen atoms in total. The standard InChI is InChI=1S/C25H32ClN3O5S/c1-18-6-7-20(26)15-22(18)27-11-13-28(14-12-27)25(30)19-5-4-10-29(17-19)35(31,32)24-16-21(33-2)8-9-23(24)34-3/h6-9,15-16,19H,4-5,10-14,17H2,1-3H3/t19-/m0/s1. The van der Waals surface area contributed by atoms with Gasteiger partial charge in [0.05, 0.1) is 20.1 Å². The third kappa shape index (κ3) is 5.37. The number of rotatable bonds is 6. The van der Waals surface area contributed by atoms with Gasteiger partial charge in [-0.1, -0.05) is 17.7 Å². The Kier molecular flexibility index (Phi) is 7.78. The van der Waals surface area contributed by atoms with Crippen LogP contribution in [0.5, 0.6) is 11.5 Å². The molecule has 0 aromatic heterocycles. The van der Waals surface area contributed by atoms with Crippen molar-refractivity contribution in [1.29, 1.82) is 0 Å². The van der Waals surface area contributed by atoms with Crippen LogP contribution in [0.3, 0.4) is 0 Å². The van der Waals surface area contributed by atoms with Gasteiger partial charge in [0.2, 0.25) is 15.9 Å². The number of sulfonamides is 1. The molecule has 2 aromatic carbocycles. The number of methoxy groups -OCH3 is 2. The van der Waals surface area contributed by atoms with Crippen molar-refractivity contribution >= 4 is 33.2 Å². The summed E-state index contributed by atoms with van der Waals surface area (Å²) in [7, 11) is -0.926. The molecule has 10 heteroatoms. The minimum Gasteiger partial charge on any atom is -0.497 e. The fourth-order valence-corrected chi connectivity index (χ4v) is 6.70. The summed E-state index contributed by atoms with van der Waals surface area (Å²) in [6.07, 6.45) is 1.30. The number of hydrogen-bond donors (Lipinski definition) is 0. The molecule has 1 atom stereocenters. The molecule has 0 unspecified atom stereocenters. The summed E-state index contributed by atoms with van der Waals surface area (Å²) in [5, 5.41) is 0.695. The van der Waals surface area contributed by atoms with E-state index >= 15 is 0 Å². The summed E-state index contributed by atoms with van der Waals surface area (Å²) in [6.45, 7) is 5.20. The average molecular weight is 522 g/mol. The molecule has 0 N–H and O–H groups in total. The van der Waals surface area contributed by atoms with Crippen molar-refractivity contribution in [2.45, 2.75) is 24.7 Å². The molecule has 0 saturated carbocycles. The zero-order valence-electron chi connectivity index (χ0n) is 20.4. The van der Waals surface area contributed by atoms with Crippen LogP contribution in [0.2, 0.25) is 5.02 Å². The van der Waals surface area contributed by atoms with Gasteiger partial charge in [-0.3, -0.25) is 4.79 Å². The van der Waals surface area contributed by atoms with Gasteiger partial charge >= 0.3 is 0 Å². The molecule has 0 spiro atoms. The molecule has 2 aromatic rings. The van der Waals surface area contributed by atoms with Crippen LogP contribution in [0.4, 0.5) is 5.69 Å². The van der Waals surface area contributed by atoms with Gasteiger partial charge in [-0.25, -0.2) is 8.42 Å². The Labute approximate surface area is 212 Å². The highest BCUT2D eigenvalue weighted by Crippen LogP contribution is 2.33. The summed E-state index contributed by atoms with van der Waals surface area (Å²) in [5.41, 5.74) is 2.24. The van der Waals surface area contributed by atoms with E-state index in [9.17, 15) is 13.2 Å². The number of hydrogen-bond acceptors (Lipinski definition) is 6. The van der Waals surface area contributed by atoms with E-state index < -0.39 is 10.0 Å². The van der Waals surface area contributed by atoms with Gasteiger partial charge in [0.1, 0.15) is 16.4 Å². The Morgan fingerprint density at radius 3 is 2.43 bits per heavy atom. The second-order valence-corrected chi connectivity index (χ2v) is 11.3. The molecular formula is C25H32ClN3O5S. The summed E-state index contributed by atoms with van der Waals surface area (Å²) in [5.74, 6) is 0.341. The molecule has 0 aliphatic carbocycles. The number of aryl methyl sites for hydroxylation is 1. The molecule has 2 heterocycles. The van der Waals surface area contributed by atoms with Crippen molar-refractivity contribution in [3.8, 4) is 11.5 Å². The first-order valence-corrected chi connectivity index (χ1v) is 13.6. The van der Waals surface area contributed by atoms with E-state index in [2.05, 4.69) is 11.8 Å². The van der Waals surface area contributed by atoms with Crippen molar-refractivity contribution < 1.29 is 22.7 Å². The fraction of sp³-hybridized carbons (Fsp3) is 0.480. The minimum absolute atomic E-state index is 0.0185. The number of carbonyl (C=O) groups excluding carboxylic acids is 1. The molecule has 4 rings (SSSR count). The number of carbonyl (C=O) groups is 1. The van der Waals surface area contributed by atoms with Crippen LogP contribution in [-0.2, 0) is 14.8 Å². The van der Waals surface area contributed by atoms with Gasteiger partial charge in [-0.05, 0) is 49.6 Å². The Morgan fingerprint density at radius 2 is 1.74 bits per heavy atom. The Balaban J connectivity index is 1.44.